The van der Waals surface area contributed by atoms with Crippen molar-refractivity contribution >= 4 is 42.2 Å². The molecule has 3 N–H and O–H groups in total. The molecule has 2 heterocycles. The van der Waals surface area contributed by atoms with Gasteiger partial charge in [0.1, 0.15) is 12.6 Å². The molecule has 2 atom stereocenters. The fourth-order valence-corrected chi connectivity index (χ4v) is 5.42. The third-order valence-corrected chi connectivity index (χ3v) is 8.09. The molecule has 0 spiro atoms. The van der Waals surface area contributed by atoms with Gasteiger partial charge in [-0.25, -0.2) is 9.59 Å². The van der Waals surface area contributed by atoms with Crippen LogP contribution in [0, 0.1) is 11.8 Å². The number of rotatable bonds is 14. The second-order valence-electron chi connectivity index (χ2n) is 11.1. The summed E-state index contributed by atoms with van der Waals surface area (Å²) in [6.07, 6.45) is 3.97. The highest BCUT2D eigenvalue weighted by atomic mass is 35.5. The average molecular weight is 638 g/mol. The zero-order chi connectivity index (χ0) is 31.0. The second kappa shape index (κ2) is 19.8. The molecule has 0 bridgehead atoms. The highest BCUT2D eigenvalue weighted by Gasteiger charge is 2.31. The fourth-order valence-electron chi connectivity index (χ4n) is 5.42. The van der Waals surface area contributed by atoms with Crippen molar-refractivity contribution in [3.63, 3.8) is 0 Å². The topological polar surface area (TPSA) is 146 Å². The molecule has 0 saturated carbocycles. The Hall–Kier alpha value is -3.38. The van der Waals surface area contributed by atoms with Crippen LogP contribution in [0.15, 0.2) is 30.3 Å². The Bertz CT molecular complexity index is 1070. The number of amides is 4. The molecule has 12 nitrogen and oxygen atoms in total. The number of nitrogens with zero attached hydrogens (tertiary/aromatic N) is 2. The molecule has 1 aromatic rings. The summed E-state index contributed by atoms with van der Waals surface area (Å²) in [4.78, 5) is 67.1. The van der Waals surface area contributed by atoms with Crippen LogP contribution in [0.5, 0.6) is 0 Å². The third kappa shape index (κ3) is 12.3. The molecule has 4 amide bonds. The van der Waals surface area contributed by atoms with Crippen LogP contribution in [0.4, 0.5) is 4.79 Å². The molecule has 2 fully saturated rings. The Kier molecular flexibility index (Phi) is 16.6. The van der Waals surface area contributed by atoms with Crippen molar-refractivity contribution in [3.05, 3.63) is 35.9 Å². The number of carbonyl (C=O) groups excluding carboxylic acids is 5. The summed E-state index contributed by atoms with van der Waals surface area (Å²) in [5.41, 5.74) is 0.766. The van der Waals surface area contributed by atoms with Gasteiger partial charge in [0.05, 0.1) is 5.92 Å². The van der Waals surface area contributed by atoms with Crippen LogP contribution >= 0.6 is 12.4 Å². The van der Waals surface area contributed by atoms with Crippen LogP contribution in [0.1, 0.15) is 57.9 Å². The van der Waals surface area contributed by atoms with Crippen LogP contribution in [0.2, 0.25) is 0 Å². The van der Waals surface area contributed by atoms with Gasteiger partial charge in [-0.05, 0) is 70.5 Å². The summed E-state index contributed by atoms with van der Waals surface area (Å²) in [7, 11) is 0. The van der Waals surface area contributed by atoms with Gasteiger partial charge >= 0.3 is 12.1 Å². The van der Waals surface area contributed by atoms with Crippen molar-refractivity contribution in [2.75, 3.05) is 52.4 Å². The number of hydrogen-bond donors (Lipinski definition) is 3. The molecule has 1 unspecified atom stereocenters. The van der Waals surface area contributed by atoms with Gasteiger partial charge in [-0.3, -0.25) is 14.4 Å². The summed E-state index contributed by atoms with van der Waals surface area (Å²) >= 11 is 0. The van der Waals surface area contributed by atoms with Crippen LogP contribution < -0.4 is 16.0 Å². The summed E-state index contributed by atoms with van der Waals surface area (Å²) in [5, 5.41) is 8.53. The van der Waals surface area contributed by atoms with Gasteiger partial charge in [-0.15, -0.1) is 12.4 Å². The number of ether oxygens (including phenoxy) is 2. The smallest absolute Gasteiger partial charge is 0.408 e. The maximum atomic E-state index is 13.1. The molecule has 2 saturated heterocycles. The Morgan fingerprint density at radius 2 is 1.73 bits per heavy atom. The van der Waals surface area contributed by atoms with E-state index in [4.69, 9.17) is 9.47 Å². The summed E-state index contributed by atoms with van der Waals surface area (Å²) < 4.78 is 10.5. The van der Waals surface area contributed by atoms with E-state index in [1.807, 2.05) is 32.0 Å². The molecule has 0 aromatic heterocycles. The first kappa shape index (κ1) is 36.8. The Balaban J connectivity index is 0.00000675. The molecular weight excluding hydrogens is 590 g/mol. The number of nitrogens with one attached hydrogen (secondary N) is 3. The average Bonchev–Trinajstić information content (AvgIpc) is 3.04. The largest absolute Gasteiger partial charge is 0.454 e. The van der Waals surface area contributed by atoms with E-state index >= 15 is 0 Å². The van der Waals surface area contributed by atoms with Crippen LogP contribution in [0.25, 0.3) is 0 Å². The Labute approximate surface area is 266 Å². The summed E-state index contributed by atoms with van der Waals surface area (Å²) in [5.74, 6) is -1.34. The van der Waals surface area contributed by atoms with Gasteiger partial charge in [0.25, 0.3) is 5.91 Å². The van der Waals surface area contributed by atoms with Crippen molar-refractivity contribution in [2.45, 2.75) is 65.0 Å². The fraction of sp³-hybridized carbons (Fsp3) is 0.645. The molecule has 246 valence electrons. The lowest BCUT2D eigenvalue weighted by Gasteiger charge is -2.33. The van der Waals surface area contributed by atoms with Crippen LogP contribution in [-0.2, 0) is 35.3 Å². The first-order valence-corrected chi connectivity index (χ1v) is 15.5. The first-order chi connectivity index (χ1) is 20.8. The van der Waals surface area contributed by atoms with E-state index in [1.54, 1.807) is 17.0 Å². The lowest BCUT2D eigenvalue weighted by Crippen LogP contribution is -2.52. The third-order valence-electron chi connectivity index (χ3n) is 8.09. The summed E-state index contributed by atoms with van der Waals surface area (Å²) in [6.45, 7) is 6.75. The molecular formula is C31H48ClN5O7. The number of halogens is 1. The number of benzene rings is 1. The van der Waals surface area contributed by atoms with E-state index in [2.05, 4.69) is 16.0 Å². The predicted octanol–water partition coefficient (Wildman–Crippen LogP) is 2.25. The standard InChI is InChI=1S/C31H47N5O7.ClH/c1-3-35(4-2)28(38)22-42-30(40)26(34-31(41)43-21-24-9-6-5-7-10-24)19-33-29(39)25-11-8-18-36(20-25)27(37)13-12-23-14-16-32-17-15-23;/h5-7,9-10,23,25-26,32H,3-4,8,11-22H2,1-2H3,(H,33,39)(H,34,41);1H/t25-,26?;/m1./s1. The zero-order valence-corrected chi connectivity index (χ0v) is 26.7. The molecule has 3 rings (SSSR count). The molecule has 2 aliphatic heterocycles. The zero-order valence-electron chi connectivity index (χ0n) is 25.9. The molecule has 1 aromatic carbocycles. The van der Waals surface area contributed by atoms with Crippen LogP contribution in [-0.4, -0.2) is 98.0 Å². The Morgan fingerprint density at radius 3 is 2.41 bits per heavy atom. The van der Waals surface area contributed by atoms with E-state index < -0.39 is 30.6 Å². The quantitative estimate of drug-likeness (QED) is 0.263. The van der Waals surface area contributed by atoms with E-state index in [-0.39, 0.29) is 43.3 Å². The first-order valence-electron chi connectivity index (χ1n) is 15.5. The van der Waals surface area contributed by atoms with E-state index in [0.29, 0.717) is 51.4 Å². The van der Waals surface area contributed by atoms with Gasteiger partial charge in [0.15, 0.2) is 6.61 Å². The molecule has 13 heteroatoms. The van der Waals surface area contributed by atoms with E-state index in [9.17, 15) is 24.0 Å². The number of likely N-dealkylation sites (N-methyl/N-ethyl adjacent to an activating group) is 1. The Morgan fingerprint density at radius 1 is 1.02 bits per heavy atom. The second-order valence-corrected chi connectivity index (χ2v) is 11.1. The van der Waals surface area contributed by atoms with E-state index in [0.717, 1.165) is 37.9 Å². The number of hydrogen-bond acceptors (Lipinski definition) is 8. The number of carbonyl (C=O) groups is 5. The minimum Gasteiger partial charge on any atom is -0.454 e. The highest BCUT2D eigenvalue weighted by Crippen LogP contribution is 2.21. The molecule has 2 aliphatic rings. The predicted molar refractivity (Wildman–Crippen MR) is 167 cm³/mol. The SMILES string of the molecule is CCN(CC)C(=O)COC(=O)C(CNC(=O)[C@@H]1CCCN(C(=O)CCC2CCNCC2)C1)NC(=O)OCc1ccccc1.Cl. The van der Waals surface area contributed by atoms with Crippen LogP contribution in [0.3, 0.4) is 0 Å². The van der Waals surface area contributed by atoms with E-state index in [1.165, 1.54) is 4.90 Å². The van der Waals surface area contributed by atoms with Crippen molar-refractivity contribution < 1.29 is 33.4 Å². The van der Waals surface area contributed by atoms with Crippen molar-refractivity contribution in [1.82, 2.24) is 25.8 Å². The van der Waals surface area contributed by atoms with Gasteiger partial charge in [0.2, 0.25) is 11.8 Å². The van der Waals surface area contributed by atoms with Gasteiger partial charge < -0.3 is 35.2 Å². The van der Waals surface area contributed by atoms with Gasteiger partial charge in [-0.1, -0.05) is 30.3 Å². The minimum absolute atomic E-state index is 0. The van der Waals surface area contributed by atoms with Crippen molar-refractivity contribution in [3.8, 4) is 0 Å². The maximum absolute atomic E-state index is 13.1. The van der Waals surface area contributed by atoms with Crippen molar-refractivity contribution in [2.24, 2.45) is 11.8 Å². The maximum Gasteiger partial charge on any atom is 0.408 e. The highest BCUT2D eigenvalue weighted by molar-refractivity contribution is 5.86. The lowest BCUT2D eigenvalue weighted by molar-refractivity contribution is -0.153. The molecule has 44 heavy (non-hydrogen) atoms. The van der Waals surface area contributed by atoms with Gasteiger partial charge in [0, 0.05) is 39.1 Å². The van der Waals surface area contributed by atoms with Gasteiger partial charge in [-0.2, -0.15) is 0 Å². The minimum atomic E-state index is -1.27. The number of piperidine rings is 2. The van der Waals surface area contributed by atoms with Crippen molar-refractivity contribution in [1.29, 1.82) is 0 Å². The molecule has 0 aliphatic carbocycles. The normalized spacial score (nSPS) is 17.4. The number of likely N-dealkylation sites (tertiary alicyclic amines) is 1. The number of alkyl carbamates (subject to hydrolysis) is 1. The summed E-state index contributed by atoms with van der Waals surface area (Å²) in [6, 6.07) is 7.78. The monoisotopic (exact) mass is 637 g/mol. The lowest BCUT2D eigenvalue weighted by atomic mass is 9.92. The number of esters is 1. The molecule has 0 radical (unpaired) electrons.